The van der Waals surface area contributed by atoms with Crippen LogP contribution in [0.15, 0.2) is 72.8 Å². The standard InChI is InChI=1S/C28H17F3O5/c1-14(32)21-5-2-15(11-24(21)29)18-8-19(16-3-6-22(27(33)34)25(30)12-16)10-20(9-18)17-4-7-23(28(35)36)26(31)13-17/h2-13H,1H3,(H,33,34)(H,35,36). The highest BCUT2D eigenvalue weighted by Crippen LogP contribution is 2.34. The molecular formula is C28H17F3O5. The SMILES string of the molecule is CC(=O)c1ccc(-c2cc(-c3ccc(C(=O)O)c(F)c3)cc(-c3ccc(C(=O)O)c(F)c3)c2)cc1F. The highest BCUT2D eigenvalue weighted by molar-refractivity contribution is 5.95. The number of Topliss-reactive ketones (excluding diaryl/α,β-unsaturated/α-hetero) is 1. The molecule has 180 valence electrons. The number of carbonyl (C=O) groups is 3. The zero-order chi connectivity index (χ0) is 26.1. The second-order valence-corrected chi connectivity index (χ2v) is 8.05. The molecule has 0 heterocycles. The number of hydrogen-bond acceptors (Lipinski definition) is 3. The van der Waals surface area contributed by atoms with Gasteiger partial charge in [-0.3, -0.25) is 4.79 Å². The van der Waals surface area contributed by atoms with Crippen LogP contribution in [-0.4, -0.2) is 27.9 Å². The Bertz CT molecular complexity index is 1360. The van der Waals surface area contributed by atoms with Gasteiger partial charge in [0.1, 0.15) is 17.5 Å². The molecule has 2 N–H and O–H groups in total. The third kappa shape index (κ3) is 4.74. The summed E-state index contributed by atoms with van der Waals surface area (Å²) in [6.45, 7) is 1.24. The minimum atomic E-state index is -1.43. The number of ketones is 1. The predicted octanol–water partition coefficient (Wildman–Crippen LogP) is 6.70. The first kappa shape index (κ1) is 24.4. The molecule has 0 spiro atoms. The Morgan fingerprint density at radius 2 is 0.806 bits per heavy atom. The molecule has 0 aliphatic heterocycles. The Labute approximate surface area is 203 Å². The number of halogens is 3. The molecule has 0 aliphatic rings. The van der Waals surface area contributed by atoms with Crippen LogP contribution in [-0.2, 0) is 0 Å². The average Bonchev–Trinajstić information content (AvgIpc) is 2.82. The lowest BCUT2D eigenvalue weighted by Gasteiger charge is -2.13. The van der Waals surface area contributed by atoms with Gasteiger partial charge in [0.25, 0.3) is 0 Å². The van der Waals surface area contributed by atoms with Crippen molar-refractivity contribution in [1.29, 1.82) is 0 Å². The fraction of sp³-hybridized carbons (Fsp3) is 0.0357. The highest BCUT2D eigenvalue weighted by atomic mass is 19.1. The van der Waals surface area contributed by atoms with E-state index in [2.05, 4.69) is 0 Å². The fourth-order valence-corrected chi connectivity index (χ4v) is 3.84. The molecule has 8 heteroatoms. The van der Waals surface area contributed by atoms with E-state index in [1.165, 1.54) is 37.3 Å². The number of carbonyl (C=O) groups excluding carboxylic acids is 1. The number of aromatic carboxylic acids is 2. The van der Waals surface area contributed by atoms with Crippen molar-refractivity contribution in [2.75, 3.05) is 0 Å². The van der Waals surface area contributed by atoms with Gasteiger partial charge in [-0.05, 0) is 94.9 Å². The minimum Gasteiger partial charge on any atom is -0.478 e. The summed E-state index contributed by atoms with van der Waals surface area (Å²) in [6.07, 6.45) is 0. The average molecular weight is 490 g/mol. The molecular weight excluding hydrogens is 473 g/mol. The summed E-state index contributed by atoms with van der Waals surface area (Å²) in [5.74, 6) is -5.95. The van der Waals surface area contributed by atoms with Crippen molar-refractivity contribution in [3.05, 3.63) is 107 Å². The second kappa shape index (κ2) is 9.50. The van der Waals surface area contributed by atoms with Crippen LogP contribution in [0.3, 0.4) is 0 Å². The van der Waals surface area contributed by atoms with E-state index in [1.807, 2.05) is 0 Å². The molecule has 36 heavy (non-hydrogen) atoms. The van der Waals surface area contributed by atoms with Crippen LogP contribution in [0.5, 0.6) is 0 Å². The van der Waals surface area contributed by atoms with Gasteiger partial charge in [-0.25, -0.2) is 22.8 Å². The van der Waals surface area contributed by atoms with E-state index < -0.39 is 46.3 Å². The number of hydrogen-bond donors (Lipinski definition) is 2. The summed E-state index contributed by atoms with van der Waals surface area (Å²) in [5, 5.41) is 18.2. The van der Waals surface area contributed by atoms with Crippen LogP contribution in [0, 0.1) is 17.5 Å². The zero-order valence-corrected chi connectivity index (χ0v) is 18.7. The zero-order valence-electron chi connectivity index (χ0n) is 18.7. The Morgan fingerprint density at radius 3 is 1.06 bits per heavy atom. The van der Waals surface area contributed by atoms with Gasteiger partial charge in [-0.1, -0.05) is 18.2 Å². The molecule has 4 aromatic carbocycles. The van der Waals surface area contributed by atoms with Crippen molar-refractivity contribution in [1.82, 2.24) is 0 Å². The van der Waals surface area contributed by atoms with Gasteiger partial charge in [0.2, 0.25) is 0 Å². The lowest BCUT2D eigenvalue weighted by atomic mass is 9.92. The summed E-state index contributed by atoms with van der Waals surface area (Å²) < 4.78 is 43.4. The first-order valence-corrected chi connectivity index (χ1v) is 10.6. The van der Waals surface area contributed by atoms with Crippen LogP contribution in [0.4, 0.5) is 13.2 Å². The van der Waals surface area contributed by atoms with Crippen molar-refractivity contribution in [2.24, 2.45) is 0 Å². The maximum Gasteiger partial charge on any atom is 0.338 e. The molecule has 0 aromatic heterocycles. The molecule has 4 aromatic rings. The second-order valence-electron chi connectivity index (χ2n) is 8.05. The molecule has 0 fully saturated rings. The summed E-state index contributed by atoms with van der Waals surface area (Å²) in [7, 11) is 0. The quantitative estimate of drug-likeness (QED) is 0.293. The summed E-state index contributed by atoms with van der Waals surface area (Å²) >= 11 is 0. The van der Waals surface area contributed by atoms with Crippen molar-refractivity contribution in [3.63, 3.8) is 0 Å². The molecule has 0 amide bonds. The van der Waals surface area contributed by atoms with Crippen LogP contribution >= 0.6 is 0 Å². The van der Waals surface area contributed by atoms with Gasteiger partial charge in [0.15, 0.2) is 5.78 Å². The lowest BCUT2D eigenvalue weighted by Crippen LogP contribution is -2.01. The topological polar surface area (TPSA) is 91.7 Å². The Balaban J connectivity index is 1.92. The molecule has 0 atom stereocenters. The summed E-state index contributed by atoms with van der Waals surface area (Å²) in [6, 6.07) is 16.0. The number of benzene rings is 4. The van der Waals surface area contributed by atoms with Crippen molar-refractivity contribution in [2.45, 2.75) is 6.92 Å². The normalized spacial score (nSPS) is 10.8. The van der Waals surface area contributed by atoms with Crippen LogP contribution in [0.2, 0.25) is 0 Å². The number of rotatable bonds is 6. The summed E-state index contributed by atoms with van der Waals surface area (Å²) in [5.41, 5.74) is 1.16. The Morgan fingerprint density at radius 1 is 0.500 bits per heavy atom. The minimum absolute atomic E-state index is 0.0900. The van der Waals surface area contributed by atoms with Gasteiger partial charge in [-0.15, -0.1) is 0 Å². The van der Waals surface area contributed by atoms with Gasteiger partial charge in [0.05, 0.1) is 16.7 Å². The van der Waals surface area contributed by atoms with E-state index in [0.717, 1.165) is 24.3 Å². The fourth-order valence-electron chi connectivity index (χ4n) is 3.84. The maximum atomic E-state index is 14.5. The van der Waals surface area contributed by atoms with Gasteiger partial charge in [0, 0.05) is 0 Å². The van der Waals surface area contributed by atoms with E-state index in [9.17, 15) is 27.6 Å². The van der Waals surface area contributed by atoms with Crippen molar-refractivity contribution >= 4 is 17.7 Å². The molecule has 0 radical (unpaired) electrons. The van der Waals surface area contributed by atoms with E-state index >= 15 is 0 Å². The first-order chi connectivity index (χ1) is 17.0. The van der Waals surface area contributed by atoms with Gasteiger partial charge in [-0.2, -0.15) is 0 Å². The molecule has 0 saturated carbocycles. The van der Waals surface area contributed by atoms with Crippen LogP contribution < -0.4 is 0 Å². The molecule has 0 saturated heterocycles. The third-order valence-corrected chi connectivity index (χ3v) is 5.68. The first-order valence-electron chi connectivity index (χ1n) is 10.6. The molecule has 0 aliphatic carbocycles. The van der Waals surface area contributed by atoms with Gasteiger partial charge < -0.3 is 10.2 Å². The Kier molecular flexibility index (Phi) is 6.44. The molecule has 0 bridgehead atoms. The van der Waals surface area contributed by atoms with Gasteiger partial charge >= 0.3 is 11.9 Å². The van der Waals surface area contributed by atoms with E-state index in [0.29, 0.717) is 33.4 Å². The molecule has 5 nitrogen and oxygen atoms in total. The molecule has 0 unspecified atom stereocenters. The highest BCUT2D eigenvalue weighted by Gasteiger charge is 2.16. The van der Waals surface area contributed by atoms with E-state index in [4.69, 9.17) is 10.2 Å². The summed E-state index contributed by atoms with van der Waals surface area (Å²) in [4.78, 5) is 34.0. The third-order valence-electron chi connectivity index (χ3n) is 5.68. The number of carboxylic acids is 2. The molecule has 4 rings (SSSR count). The Hall–Kier alpha value is -4.72. The monoisotopic (exact) mass is 490 g/mol. The maximum absolute atomic E-state index is 14.5. The van der Waals surface area contributed by atoms with Crippen LogP contribution in [0.1, 0.15) is 38.0 Å². The van der Waals surface area contributed by atoms with Crippen LogP contribution in [0.25, 0.3) is 33.4 Å². The van der Waals surface area contributed by atoms with Crippen molar-refractivity contribution in [3.8, 4) is 33.4 Å². The smallest absolute Gasteiger partial charge is 0.338 e. The van der Waals surface area contributed by atoms with Crippen molar-refractivity contribution < 1.29 is 37.8 Å². The van der Waals surface area contributed by atoms with E-state index in [1.54, 1.807) is 18.2 Å². The van der Waals surface area contributed by atoms with E-state index in [-0.39, 0.29) is 5.56 Å². The largest absolute Gasteiger partial charge is 0.478 e. The lowest BCUT2D eigenvalue weighted by molar-refractivity contribution is 0.0680. The number of carboxylic acid groups (broad SMARTS) is 2. The predicted molar refractivity (Wildman–Crippen MR) is 127 cm³/mol.